The van der Waals surface area contributed by atoms with Crippen molar-refractivity contribution in [1.29, 1.82) is 0 Å². The van der Waals surface area contributed by atoms with Crippen molar-refractivity contribution in [2.45, 2.75) is 44.4 Å². The lowest BCUT2D eigenvalue weighted by atomic mass is 10.1. The second-order valence-electron chi connectivity index (χ2n) is 9.00. The standard InChI is InChI=1S/C24H36Cl2F2N5OS/c1-17-23(18(2)31(4)29-17)33(16-22(27)28)35(34-5)24-20(25)14-19(15-21(24)26)8-6-10-32-11-7-9-30(3)12-13-32/h14-15,22H,6-13,16H2,1-5H3/q+1. The predicted molar refractivity (Wildman–Crippen MR) is 142 cm³/mol. The van der Waals surface area contributed by atoms with Gasteiger partial charge >= 0.3 is 11.4 Å². The number of benzene rings is 1. The zero-order valence-corrected chi connectivity index (χ0v) is 23.5. The third kappa shape index (κ3) is 7.23. The van der Waals surface area contributed by atoms with Gasteiger partial charge in [0.15, 0.2) is 0 Å². The smallest absolute Gasteiger partial charge is 0.305 e. The Morgan fingerprint density at radius 2 is 1.80 bits per heavy atom. The number of hydrogen-bond acceptors (Lipinski definition) is 5. The highest BCUT2D eigenvalue weighted by molar-refractivity contribution is 7.94. The Morgan fingerprint density at radius 1 is 1.11 bits per heavy atom. The molecule has 0 radical (unpaired) electrons. The molecule has 2 aromatic rings. The molecule has 0 bridgehead atoms. The number of aryl methyl sites for hydroxylation is 3. The van der Waals surface area contributed by atoms with Gasteiger partial charge in [-0.1, -0.05) is 23.2 Å². The first-order valence-electron chi connectivity index (χ1n) is 11.9. The largest absolute Gasteiger partial charge is 0.311 e. The second-order valence-corrected chi connectivity index (χ2v) is 11.5. The van der Waals surface area contributed by atoms with E-state index in [1.807, 2.05) is 19.1 Å². The van der Waals surface area contributed by atoms with Crippen molar-refractivity contribution in [3.8, 4) is 0 Å². The first-order valence-corrected chi connectivity index (χ1v) is 13.7. The highest BCUT2D eigenvalue weighted by atomic mass is 35.5. The number of nitrogens with zero attached hydrogens (tertiary/aromatic N) is 5. The minimum absolute atomic E-state index is 0.424. The van der Waals surface area contributed by atoms with E-state index >= 15 is 0 Å². The van der Waals surface area contributed by atoms with Crippen LogP contribution < -0.4 is 4.31 Å². The van der Waals surface area contributed by atoms with Gasteiger partial charge in [0.25, 0.3) is 11.3 Å². The van der Waals surface area contributed by atoms with Gasteiger partial charge in [0.1, 0.15) is 22.3 Å². The van der Waals surface area contributed by atoms with Gasteiger partial charge in [-0.2, -0.15) is 9.40 Å². The van der Waals surface area contributed by atoms with Crippen molar-refractivity contribution in [1.82, 2.24) is 19.6 Å². The van der Waals surface area contributed by atoms with Crippen LogP contribution >= 0.6 is 23.2 Å². The summed E-state index contributed by atoms with van der Waals surface area (Å²) in [6.07, 6.45) is 0.452. The maximum absolute atomic E-state index is 13.7. The summed E-state index contributed by atoms with van der Waals surface area (Å²) in [5.41, 5.74) is 3.05. The van der Waals surface area contributed by atoms with E-state index in [1.165, 1.54) is 17.8 Å². The summed E-state index contributed by atoms with van der Waals surface area (Å²) in [5.74, 6) is 0. The van der Waals surface area contributed by atoms with Crippen LogP contribution in [0.3, 0.4) is 0 Å². The normalized spacial score (nSPS) is 16.6. The van der Waals surface area contributed by atoms with E-state index in [1.54, 1.807) is 18.7 Å². The number of rotatable bonds is 10. The zero-order valence-electron chi connectivity index (χ0n) is 21.2. The molecule has 1 atom stereocenters. The lowest BCUT2D eigenvalue weighted by Gasteiger charge is -2.22. The number of halogens is 4. The summed E-state index contributed by atoms with van der Waals surface area (Å²) >= 11 is 12.2. The third-order valence-electron chi connectivity index (χ3n) is 6.37. The summed E-state index contributed by atoms with van der Waals surface area (Å²) in [6, 6.07) is 3.78. The molecule has 1 aliphatic heterocycles. The van der Waals surface area contributed by atoms with Crippen LogP contribution in [0.2, 0.25) is 10.0 Å². The van der Waals surface area contributed by atoms with Gasteiger partial charge in [-0.3, -0.25) is 4.68 Å². The number of anilines is 1. The molecule has 1 aromatic carbocycles. The molecule has 11 heteroatoms. The van der Waals surface area contributed by atoms with Gasteiger partial charge in [0.05, 0.1) is 18.5 Å². The lowest BCUT2D eigenvalue weighted by molar-refractivity contribution is 0.159. The molecule has 1 aromatic heterocycles. The molecule has 0 spiro atoms. The Bertz CT molecular complexity index is 970. The van der Waals surface area contributed by atoms with Crippen LogP contribution in [0.4, 0.5) is 14.5 Å². The van der Waals surface area contributed by atoms with E-state index < -0.39 is 24.3 Å². The molecule has 35 heavy (non-hydrogen) atoms. The van der Waals surface area contributed by atoms with Crippen LogP contribution in [0.1, 0.15) is 29.8 Å². The number of aromatic nitrogens is 2. The van der Waals surface area contributed by atoms with E-state index in [4.69, 9.17) is 27.4 Å². The van der Waals surface area contributed by atoms with Gasteiger partial charge in [-0.05, 0) is 77.5 Å². The zero-order chi connectivity index (χ0) is 25.7. The molecule has 0 aliphatic carbocycles. The molecule has 2 heterocycles. The summed E-state index contributed by atoms with van der Waals surface area (Å²) in [6.45, 7) is 8.59. The van der Waals surface area contributed by atoms with Crippen molar-refractivity contribution in [3.63, 3.8) is 0 Å². The Balaban J connectivity index is 1.80. The van der Waals surface area contributed by atoms with E-state index in [9.17, 15) is 8.78 Å². The fraction of sp³-hybridized carbons (Fsp3) is 0.625. The molecule has 3 rings (SSSR count). The molecule has 1 saturated heterocycles. The van der Waals surface area contributed by atoms with Crippen LogP contribution in [0.5, 0.6) is 0 Å². The lowest BCUT2D eigenvalue weighted by Crippen LogP contribution is -2.37. The molecular weight excluding hydrogens is 515 g/mol. The molecule has 0 N–H and O–H groups in total. The van der Waals surface area contributed by atoms with Crippen molar-refractivity contribution in [2.24, 2.45) is 7.05 Å². The second kappa shape index (κ2) is 12.9. The predicted octanol–water partition coefficient (Wildman–Crippen LogP) is 5.14. The minimum atomic E-state index is -2.57. The van der Waals surface area contributed by atoms with E-state index in [-0.39, 0.29) is 0 Å². The van der Waals surface area contributed by atoms with Crippen molar-refractivity contribution < 1.29 is 13.0 Å². The molecular formula is C24H36Cl2F2N5OS+. The van der Waals surface area contributed by atoms with Crippen LogP contribution in [-0.4, -0.2) is 79.4 Å². The SMILES string of the molecule is CO[S+](c1c(Cl)cc(CCCN2CCCN(C)CC2)cc1Cl)N(CC(F)F)c1c(C)nn(C)c1C. The van der Waals surface area contributed by atoms with Crippen LogP contribution in [0.25, 0.3) is 0 Å². The Hall–Kier alpha value is -1.10. The molecule has 0 saturated carbocycles. The van der Waals surface area contributed by atoms with Crippen LogP contribution in [0.15, 0.2) is 17.0 Å². The maximum Gasteiger partial charge on any atom is 0.311 e. The molecule has 1 aliphatic rings. The molecule has 0 amide bonds. The van der Waals surface area contributed by atoms with Gasteiger partial charge in [-0.15, -0.1) is 4.18 Å². The summed E-state index contributed by atoms with van der Waals surface area (Å²) in [4.78, 5) is 5.39. The number of alkyl halides is 2. The number of hydrogen-bond donors (Lipinski definition) is 0. The molecule has 196 valence electrons. The van der Waals surface area contributed by atoms with Gasteiger partial charge in [-0.25, -0.2) is 8.78 Å². The topological polar surface area (TPSA) is 36.8 Å². The average molecular weight is 552 g/mol. The van der Waals surface area contributed by atoms with Crippen LogP contribution in [-0.2, 0) is 29.0 Å². The van der Waals surface area contributed by atoms with Gasteiger partial charge in [0, 0.05) is 20.1 Å². The monoisotopic (exact) mass is 550 g/mol. The number of likely N-dealkylation sites (N-methyl/N-ethyl adjacent to an activating group) is 1. The van der Waals surface area contributed by atoms with Crippen LogP contribution in [0, 0.1) is 13.8 Å². The molecule has 1 fully saturated rings. The quantitative estimate of drug-likeness (QED) is 0.383. The van der Waals surface area contributed by atoms with E-state index in [0.29, 0.717) is 26.3 Å². The van der Waals surface area contributed by atoms with Crippen molar-refractivity contribution in [3.05, 3.63) is 39.1 Å². The first kappa shape index (κ1) is 28.5. The van der Waals surface area contributed by atoms with E-state index in [0.717, 1.165) is 56.8 Å². The highest BCUT2D eigenvalue weighted by Crippen LogP contribution is 2.39. The van der Waals surface area contributed by atoms with Gasteiger partial charge in [0.2, 0.25) is 0 Å². The average Bonchev–Trinajstić information content (AvgIpc) is 2.91. The van der Waals surface area contributed by atoms with Crippen molar-refractivity contribution >= 4 is 40.3 Å². The fourth-order valence-electron chi connectivity index (χ4n) is 4.53. The highest BCUT2D eigenvalue weighted by Gasteiger charge is 2.42. The van der Waals surface area contributed by atoms with Gasteiger partial charge < -0.3 is 9.80 Å². The molecule has 1 unspecified atom stereocenters. The minimum Gasteiger partial charge on any atom is -0.305 e. The first-order chi connectivity index (χ1) is 16.6. The molecule has 6 nitrogen and oxygen atoms in total. The third-order valence-corrected chi connectivity index (χ3v) is 9.02. The van der Waals surface area contributed by atoms with E-state index in [2.05, 4.69) is 21.9 Å². The fourth-order valence-corrected chi connectivity index (χ4v) is 7.15. The Kier molecular flexibility index (Phi) is 10.5. The summed E-state index contributed by atoms with van der Waals surface area (Å²) < 4.78 is 36.3. The van der Waals surface area contributed by atoms with Crippen molar-refractivity contribution in [2.75, 3.05) is 57.7 Å². The Labute approximate surface area is 220 Å². The summed E-state index contributed by atoms with van der Waals surface area (Å²) in [7, 11) is 5.44. The Morgan fingerprint density at radius 3 is 2.37 bits per heavy atom. The maximum atomic E-state index is 13.7. The summed E-state index contributed by atoms with van der Waals surface area (Å²) in [5, 5.41) is 5.24.